The summed E-state index contributed by atoms with van der Waals surface area (Å²) in [5, 5.41) is 8.30. The molecule has 2 N–H and O–H groups in total. The summed E-state index contributed by atoms with van der Waals surface area (Å²) in [6.07, 6.45) is 1.94. The van der Waals surface area contributed by atoms with E-state index in [1.54, 1.807) is 0 Å². The first-order valence-corrected chi connectivity index (χ1v) is 7.02. The lowest BCUT2D eigenvalue weighted by molar-refractivity contribution is 0.0674. The molecular weight excluding hydrogens is 250 g/mol. The second-order valence-corrected chi connectivity index (χ2v) is 5.63. The minimum Gasteiger partial charge on any atom is -0.374 e. The van der Waals surface area contributed by atoms with E-state index in [1.807, 2.05) is 4.90 Å². The van der Waals surface area contributed by atoms with E-state index in [0.29, 0.717) is 10.1 Å². The largest absolute Gasteiger partial charge is 0.374 e. The molecule has 1 saturated heterocycles. The Morgan fingerprint density at radius 1 is 1.50 bits per heavy atom. The Morgan fingerprint density at radius 3 is 2.89 bits per heavy atom. The molecule has 0 bridgehead atoms. The number of carbonyl (C=O) groups is 1. The zero-order chi connectivity index (χ0) is 13.1. The standard InChI is InChI=1S/C11H19N5OS/c1-3-8-7-15(2)5-4-6-16(8)10(17)9-13-14-11(12)18-9/h8H,3-7H2,1-2H3,(H2,12,14). The minimum absolute atomic E-state index is 0.0358. The summed E-state index contributed by atoms with van der Waals surface area (Å²) in [5.41, 5.74) is 5.53. The van der Waals surface area contributed by atoms with E-state index in [2.05, 4.69) is 29.1 Å². The highest BCUT2D eigenvalue weighted by Gasteiger charge is 2.28. The lowest BCUT2D eigenvalue weighted by atomic mass is 10.2. The summed E-state index contributed by atoms with van der Waals surface area (Å²) < 4.78 is 0. The zero-order valence-corrected chi connectivity index (χ0v) is 11.6. The molecule has 100 valence electrons. The first-order chi connectivity index (χ1) is 8.61. The molecule has 1 unspecified atom stereocenters. The van der Waals surface area contributed by atoms with Crippen LogP contribution in [0.1, 0.15) is 29.6 Å². The van der Waals surface area contributed by atoms with Gasteiger partial charge in [0.15, 0.2) is 0 Å². The van der Waals surface area contributed by atoms with Gasteiger partial charge < -0.3 is 15.5 Å². The molecule has 1 aliphatic rings. The molecule has 1 aromatic heterocycles. The van der Waals surface area contributed by atoms with Gasteiger partial charge in [-0.15, -0.1) is 10.2 Å². The number of aromatic nitrogens is 2. The lowest BCUT2D eigenvalue weighted by Crippen LogP contribution is -2.43. The number of anilines is 1. The molecule has 18 heavy (non-hydrogen) atoms. The Labute approximate surface area is 111 Å². The number of carbonyl (C=O) groups excluding carboxylic acids is 1. The lowest BCUT2D eigenvalue weighted by Gasteiger charge is -2.29. The fourth-order valence-corrected chi connectivity index (χ4v) is 2.87. The van der Waals surface area contributed by atoms with Gasteiger partial charge in [0.1, 0.15) is 0 Å². The van der Waals surface area contributed by atoms with Crippen LogP contribution in [0.5, 0.6) is 0 Å². The molecular formula is C11H19N5OS. The fourth-order valence-electron chi connectivity index (χ4n) is 2.30. The first-order valence-electron chi connectivity index (χ1n) is 6.20. The SMILES string of the molecule is CCC1CN(C)CCCN1C(=O)c1nnc(N)s1. The molecule has 0 aliphatic carbocycles. The number of likely N-dealkylation sites (N-methyl/N-ethyl adjacent to an activating group) is 1. The third-order valence-corrected chi connectivity index (χ3v) is 4.00. The fraction of sp³-hybridized carbons (Fsp3) is 0.727. The van der Waals surface area contributed by atoms with E-state index < -0.39 is 0 Å². The van der Waals surface area contributed by atoms with Crippen LogP contribution in [0.15, 0.2) is 0 Å². The van der Waals surface area contributed by atoms with Gasteiger partial charge in [0.2, 0.25) is 10.1 Å². The molecule has 2 heterocycles. The Morgan fingerprint density at radius 2 is 2.28 bits per heavy atom. The number of nitrogens with two attached hydrogens (primary N) is 1. The molecule has 0 spiro atoms. The van der Waals surface area contributed by atoms with Crippen LogP contribution >= 0.6 is 11.3 Å². The average molecular weight is 269 g/mol. The summed E-state index contributed by atoms with van der Waals surface area (Å²) in [5.74, 6) is -0.0358. The quantitative estimate of drug-likeness (QED) is 0.854. The van der Waals surface area contributed by atoms with Crippen LogP contribution < -0.4 is 5.73 Å². The molecule has 6 nitrogen and oxygen atoms in total. The normalized spacial score (nSPS) is 21.9. The number of amides is 1. The van der Waals surface area contributed by atoms with Crippen molar-refractivity contribution in [2.24, 2.45) is 0 Å². The Bertz CT molecular complexity index is 421. The second-order valence-electron chi connectivity index (χ2n) is 4.62. The highest BCUT2D eigenvalue weighted by molar-refractivity contribution is 7.16. The summed E-state index contributed by atoms with van der Waals surface area (Å²) >= 11 is 1.16. The van der Waals surface area contributed by atoms with Crippen molar-refractivity contribution >= 4 is 22.4 Å². The molecule has 1 fully saturated rings. The van der Waals surface area contributed by atoms with Crippen molar-refractivity contribution in [1.29, 1.82) is 0 Å². The van der Waals surface area contributed by atoms with Gasteiger partial charge in [-0.3, -0.25) is 4.79 Å². The number of hydrogen-bond acceptors (Lipinski definition) is 6. The molecule has 0 radical (unpaired) electrons. The van der Waals surface area contributed by atoms with Crippen LogP contribution in [0, 0.1) is 0 Å². The van der Waals surface area contributed by atoms with Crippen LogP contribution in [0.2, 0.25) is 0 Å². The number of hydrogen-bond donors (Lipinski definition) is 1. The summed E-state index contributed by atoms with van der Waals surface area (Å²) in [7, 11) is 2.10. The predicted molar refractivity (Wildman–Crippen MR) is 71.6 cm³/mol. The molecule has 1 amide bonds. The number of rotatable bonds is 2. The van der Waals surface area contributed by atoms with Crippen LogP contribution in [-0.2, 0) is 0 Å². The zero-order valence-electron chi connectivity index (χ0n) is 10.8. The Kier molecular flexibility index (Phi) is 4.13. The maximum atomic E-state index is 12.4. The van der Waals surface area contributed by atoms with Gasteiger partial charge in [-0.25, -0.2) is 0 Å². The summed E-state index contributed by atoms with van der Waals surface area (Å²) in [6, 6.07) is 0.245. The molecule has 2 rings (SSSR count). The van der Waals surface area contributed by atoms with E-state index in [0.717, 1.165) is 43.8 Å². The summed E-state index contributed by atoms with van der Waals surface area (Å²) in [6.45, 7) is 4.83. The third kappa shape index (κ3) is 2.78. The first kappa shape index (κ1) is 13.2. The number of nitrogen functional groups attached to an aromatic ring is 1. The van der Waals surface area contributed by atoms with Crippen LogP contribution in [-0.4, -0.2) is 58.6 Å². The van der Waals surface area contributed by atoms with Crippen molar-refractivity contribution in [2.45, 2.75) is 25.8 Å². The van der Waals surface area contributed by atoms with E-state index in [1.165, 1.54) is 0 Å². The maximum Gasteiger partial charge on any atom is 0.285 e. The van der Waals surface area contributed by atoms with Crippen molar-refractivity contribution in [2.75, 3.05) is 32.4 Å². The van der Waals surface area contributed by atoms with E-state index >= 15 is 0 Å². The molecule has 1 aliphatic heterocycles. The van der Waals surface area contributed by atoms with Crippen molar-refractivity contribution in [3.05, 3.63) is 5.01 Å². The molecule has 0 saturated carbocycles. The van der Waals surface area contributed by atoms with Crippen molar-refractivity contribution in [1.82, 2.24) is 20.0 Å². The Hall–Kier alpha value is -1.21. The molecule has 0 aromatic carbocycles. The van der Waals surface area contributed by atoms with E-state index in [9.17, 15) is 4.79 Å². The predicted octanol–water partition coefficient (Wildman–Crippen LogP) is 0.677. The van der Waals surface area contributed by atoms with Gasteiger partial charge in [-0.05, 0) is 26.4 Å². The number of nitrogens with zero attached hydrogens (tertiary/aromatic N) is 4. The van der Waals surface area contributed by atoms with Crippen molar-refractivity contribution < 1.29 is 4.79 Å². The minimum atomic E-state index is -0.0358. The third-order valence-electron chi connectivity index (χ3n) is 3.26. The van der Waals surface area contributed by atoms with Gasteiger partial charge in [0, 0.05) is 19.1 Å². The second kappa shape index (κ2) is 5.62. The summed E-state index contributed by atoms with van der Waals surface area (Å²) in [4.78, 5) is 16.6. The smallest absolute Gasteiger partial charge is 0.285 e. The van der Waals surface area contributed by atoms with Crippen LogP contribution in [0.4, 0.5) is 5.13 Å². The van der Waals surface area contributed by atoms with Gasteiger partial charge >= 0.3 is 0 Å². The van der Waals surface area contributed by atoms with Gasteiger partial charge in [0.05, 0.1) is 0 Å². The van der Waals surface area contributed by atoms with Gasteiger partial charge in [0.25, 0.3) is 5.91 Å². The van der Waals surface area contributed by atoms with Crippen LogP contribution in [0.3, 0.4) is 0 Å². The van der Waals surface area contributed by atoms with Gasteiger partial charge in [-0.2, -0.15) is 0 Å². The van der Waals surface area contributed by atoms with E-state index in [-0.39, 0.29) is 11.9 Å². The molecule has 1 atom stereocenters. The highest BCUT2D eigenvalue weighted by Crippen LogP contribution is 2.18. The van der Waals surface area contributed by atoms with Crippen molar-refractivity contribution in [3.8, 4) is 0 Å². The monoisotopic (exact) mass is 269 g/mol. The Balaban J connectivity index is 2.16. The average Bonchev–Trinajstić information content (AvgIpc) is 2.68. The van der Waals surface area contributed by atoms with Gasteiger partial charge in [-0.1, -0.05) is 18.3 Å². The highest BCUT2D eigenvalue weighted by atomic mass is 32.1. The maximum absolute atomic E-state index is 12.4. The van der Waals surface area contributed by atoms with Crippen LogP contribution in [0.25, 0.3) is 0 Å². The molecule has 1 aromatic rings. The van der Waals surface area contributed by atoms with E-state index in [4.69, 9.17) is 5.73 Å². The topological polar surface area (TPSA) is 75.3 Å². The molecule has 7 heteroatoms. The van der Waals surface area contributed by atoms with Crippen molar-refractivity contribution in [3.63, 3.8) is 0 Å².